The maximum atomic E-state index is 14.3. The number of piperidine rings is 1. The molecule has 64 heavy (non-hydrogen) atoms. The molecule has 17 nitrogen and oxygen atoms in total. The maximum Gasteiger partial charge on any atom is 0.277 e. The largest absolute Gasteiger partial charge is 0.384 e. The Morgan fingerprint density at radius 2 is 1.33 bits per heavy atom. The van der Waals surface area contributed by atoms with Crippen LogP contribution in [0.4, 0.5) is 5.69 Å². The van der Waals surface area contributed by atoms with Crippen molar-refractivity contribution >= 4 is 35.2 Å². The molecule has 1 fully saturated rings. The van der Waals surface area contributed by atoms with E-state index < -0.39 is 35.6 Å². The van der Waals surface area contributed by atoms with Gasteiger partial charge in [-0.3, -0.25) is 54.0 Å². The predicted octanol–water partition coefficient (Wildman–Crippen LogP) is 4.65. The second kappa shape index (κ2) is 18.0. The minimum atomic E-state index is -1.03. The molecule has 328 valence electrons. The normalized spacial score (nSPS) is 14.9. The zero-order valence-electron chi connectivity index (χ0n) is 35.9. The molecule has 0 radical (unpaired) electrons. The molecule has 5 amide bonds. The zero-order chi connectivity index (χ0) is 45.2. The predicted molar refractivity (Wildman–Crippen MR) is 237 cm³/mol. The first kappa shape index (κ1) is 43.0. The van der Waals surface area contributed by atoms with Crippen molar-refractivity contribution < 1.29 is 24.0 Å². The van der Waals surface area contributed by atoms with E-state index in [2.05, 4.69) is 36.1 Å². The molecule has 0 spiro atoms. The van der Waals surface area contributed by atoms with Gasteiger partial charge in [-0.15, -0.1) is 0 Å². The van der Waals surface area contributed by atoms with Crippen molar-refractivity contribution in [3.63, 3.8) is 0 Å². The van der Waals surface area contributed by atoms with Crippen LogP contribution in [0, 0.1) is 27.7 Å². The Labute approximate surface area is 367 Å². The number of H-pyrrole nitrogens is 2. The van der Waals surface area contributed by atoms with Gasteiger partial charge in [0.15, 0.2) is 11.6 Å². The quantitative estimate of drug-likeness (QED) is 0.0710. The van der Waals surface area contributed by atoms with Gasteiger partial charge < -0.3 is 10.6 Å². The van der Waals surface area contributed by atoms with E-state index in [9.17, 15) is 33.6 Å². The molecule has 5 N–H and O–H groups in total. The van der Waals surface area contributed by atoms with Crippen molar-refractivity contribution in [2.24, 2.45) is 0 Å². The van der Waals surface area contributed by atoms with Crippen LogP contribution in [0.5, 0.6) is 0 Å². The van der Waals surface area contributed by atoms with Gasteiger partial charge >= 0.3 is 0 Å². The fourth-order valence-corrected chi connectivity index (χ4v) is 8.50. The second-order valence-corrected chi connectivity index (χ2v) is 16.3. The highest BCUT2D eigenvalue weighted by molar-refractivity contribution is 6.25. The van der Waals surface area contributed by atoms with E-state index in [1.54, 1.807) is 80.8 Å². The van der Waals surface area contributed by atoms with Gasteiger partial charge in [-0.05, 0) is 112 Å². The molecule has 17 heteroatoms. The summed E-state index contributed by atoms with van der Waals surface area (Å²) in [7, 11) is 0. The number of imide groups is 2. The number of fused-ring (bicyclic) bond motifs is 1. The van der Waals surface area contributed by atoms with Crippen LogP contribution in [-0.4, -0.2) is 83.1 Å². The van der Waals surface area contributed by atoms with E-state index in [0.717, 1.165) is 41.7 Å². The van der Waals surface area contributed by atoms with E-state index >= 15 is 0 Å². The molecular weight excluding hydrogens is 817 g/mol. The number of aromatic amines is 2. The van der Waals surface area contributed by atoms with Gasteiger partial charge in [-0.1, -0.05) is 31.0 Å². The third-order valence-corrected chi connectivity index (χ3v) is 11.8. The Hall–Kier alpha value is -7.69. The molecule has 1 unspecified atom stereocenters. The molecule has 2 aromatic carbocycles. The number of hydrogen-bond acceptors (Lipinski definition) is 10. The summed E-state index contributed by atoms with van der Waals surface area (Å²) in [6.07, 6.45) is 6.56. The van der Waals surface area contributed by atoms with E-state index in [0.29, 0.717) is 64.1 Å². The van der Waals surface area contributed by atoms with Crippen LogP contribution in [-0.2, 0) is 9.59 Å². The zero-order valence-corrected chi connectivity index (χ0v) is 35.9. The number of nitrogens with zero attached hydrogens (tertiary/aromatic N) is 5. The topological polar surface area (TPSA) is 226 Å². The molecule has 1 saturated heterocycles. The first-order valence-corrected chi connectivity index (χ1v) is 21.3. The van der Waals surface area contributed by atoms with Crippen LogP contribution in [0.2, 0.25) is 0 Å². The fraction of sp³-hybridized carbons (Fsp3) is 0.298. The van der Waals surface area contributed by atoms with Crippen LogP contribution < -0.4 is 27.1 Å². The van der Waals surface area contributed by atoms with Gasteiger partial charge in [-0.25, -0.2) is 19.3 Å². The van der Waals surface area contributed by atoms with Gasteiger partial charge in [0.25, 0.3) is 28.8 Å². The van der Waals surface area contributed by atoms with Crippen molar-refractivity contribution in [3.05, 3.63) is 156 Å². The van der Waals surface area contributed by atoms with Gasteiger partial charge in [0.1, 0.15) is 6.04 Å². The fourth-order valence-electron chi connectivity index (χ4n) is 8.50. The lowest BCUT2D eigenvalue weighted by atomic mass is 9.85. The number of hydrogen-bond donors (Lipinski definition) is 5. The molecule has 6 aromatic rings. The third-order valence-electron chi connectivity index (χ3n) is 11.8. The highest BCUT2D eigenvalue weighted by Crippen LogP contribution is 2.34. The highest BCUT2D eigenvalue weighted by Gasteiger charge is 2.45. The molecule has 8 rings (SSSR count). The third kappa shape index (κ3) is 8.31. The number of unbranched alkanes of at least 4 members (excludes halogenated alkanes) is 3. The summed E-state index contributed by atoms with van der Waals surface area (Å²) < 4.78 is 2.76. The molecule has 6 heterocycles. The molecule has 0 saturated carbocycles. The number of aryl methyl sites for hydroxylation is 4. The standard InChI is InChI=1S/C47H48N10O7/c1-26-18-22-49-35(24-26)56-46(63)38(28(3)53-56)40(39-29(4)54-57(47(39)64)36-25-27(2)19-23-50-36)30-12-14-31(15-13-30)42(59)51-21-8-6-5-7-20-48-33-11-9-10-32-41(33)45(62)55(44(32)61)34-16-17-37(58)52-43(34)60/h9-15,18-19,22-25,34,40,48,53-54H,5-8,16-17,20-21H2,1-4H3,(H,51,59)(H,52,58,60). The van der Waals surface area contributed by atoms with E-state index in [1.807, 2.05) is 26.0 Å². The summed E-state index contributed by atoms with van der Waals surface area (Å²) in [5.41, 5.74) is 5.01. The van der Waals surface area contributed by atoms with E-state index in [1.165, 1.54) is 9.36 Å². The van der Waals surface area contributed by atoms with Gasteiger partial charge in [0.2, 0.25) is 11.8 Å². The number of nitrogens with one attached hydrogen (secondary N) is 5. The number of carbonyl (C=O) groups is 5. The Morgan fingerprint density at radius 3 is 1.91 bits per heavy atom. The number of anilines is 1. The van der Waals surface area contributed by atoms with E-state index in [4.69, 9.17) is 0 Å². The second-order valence-electron chi connectivity index (χ2n) is 16.3. The summed E-state index contributed by atoms with van der Waals surface area (Å²) in [6.45, 7) is 8.38. The highest BCUT2D eigenvalue weighted by atomic mass is 16.2. The number of amides is 5. The van der Waals surface area contributed by atoms with Crippen molar-refractivity contribution in [3.8, 4) is 11.6 Å². The molecular formula is C47H48N10O7. The monoisotopic (exact) mass is 864 g/mol. The number of rotatable bonds is 15. The lowest BCUT2D eigenvalue weighted by Gasteiger charge is -2.27. The lowest BCUT2D eigenvalue weighted by Crippen LogP contribution is -2.54. The summed E-state index contributed by atoms with van der Waals surface area (Å²) >= 11 is 0. The molecule has 1 atom stereocenters. The lowest BCUT2D eigenvalue weighted by molar-refractivity contribution is -0.136. The average molecular weight is 865 g/mol. The average Bonchev–Trinajstić information content (AvgIpc) is 3.84. The Balaban J connectivity index is 0.902. The maximum absolute atomic E-state index is 14.3. The molecule has 2 aliphatic heterocycles. The first-order chi connectivity index (χ1) is 30.8. The first-order valence-electron chi connectivity index (χ1n) is 21.3. The van der Waals surface area contributed by atoms with Crippen LogP contribution in [0.3, 0.4) is 0 Å². The Morgan fingerprint density at radius 1 is 0.734 bits per heavy atom. The molecule has 2 aliphatic rings. The van der Waals surface area contributed by atoms with Crippen LogP contribution >= 0.6 is 0 Å². The van der Waals surface area contributed by atoms with E-state index in [-0.39, 0.29) is 41.0 Å². The summed E-state index contributed by atoms with van der Waals surface area (Å²) in [5, 5.41) is 14.8. The summed E-state index contributed by atoms with van der Waals surface area (Å²) in [5.74, 6) is -2.42. The van der Waals surface area contributed by atoms with Gasteiger partial charge in [0.05, 0.1) is 22.3 Å². The van der Waals surface area contributed by atoms with Crippen molar-refractivity contribution in [2.75, 3.05) is 18.4 Å². The number of benzene rings is 2. The molecule has 0 bridgehead atoms. The number of carbonyl (C=O) groups excluding carboxylic acids is 5. The van der Waals surface area contributed by atoms with Crippen molar-refractivity contribution in [1.29, 1.82) is 0 Å². The number of aromatic nitrogens is 6. The molecule has 4 aromatic heterocycles. The Bertz CT molecular complexity index is 2840. The van der Waals surface area contributed by atoms with Gasteiger partial charge in [-0.2, -0.15) is 0 Å². The van der Waals surface area contributed by atoms with Gasteiger partial charge in [0, 0.05) is 60.5 Å². The van der Waals surface area contributed by atoms with Crippen LogP contribution in [0.1, 0.15) is 115 Å². The minimum Gasteiger partial charge on any atom is -0.384 e. The van der Waals surface area contributed by atoms with Crippen molar-refractivity contribution in [1.82, 2.24) is 45.1 Å². The van der Waals surface area contributed by atoms with Crippen LogP contribution in [0.15, 0.2) is 88.7 Å². The summed E-state index contributed by atoms with van der Waals surface area (Å²) in [6, 6.07) is 18.1. The smallest absolute Gasteiger partial charge is 0.277 e. The molecule has 0 aliphatic carbocycles. The Kier molecular flexibility index (Phi) is 12.1. The SMILES string of the molecule is Cc1ccnc(-n2[nH]c(C)c(C(c3ccc(C(=O)NCCCCCCNc4cccc5c4C(=O)N(C4CCC(=O)NC4=O)C5=O)cc3)c3c(C)[nH]n(-c4cc(C)ccn4)c3=O)c2=O)c1. The number of pyridine rings is 2. The minimum absolute atomic E-state index is 0.0505. The summed E-state index contributed by atoms with van der Waals surface area (Å²) in [4.78, 5) is 102. The van der Waals surface area contributed by atoms with Crippen molar-refractivity contribution in [2.45, 2.75) is 78.2 Å². The van der Waals surface area contributed by atoms with Crippen LogP contribution in [0.25, 0.3) is 11.6 Å².